The molecule has 0 atom stereocenters. The molecule has 0 fully saturated rings. The second-order valence-electron chi connectivity index (χ2n) is 3.44. The molecule has 102 valence electrons. The van der Waals surface area contributed by atoms with Gasteiger partial charge in [0, 0.05) is 13.1 Å². The number of nitrogen functional groups attached to an aromatic ring is 1. The Kier molecular flexibility index (Phi) is 3.58. The summed E-state index contributed by atoms with van der Waals surface area (Å²) in [5, 5.41) is 0. The van der Waals surface area contributed by atoms with E-state index in [4.69, 9.17) is 5.73 Å². The SMILES string of the molecule is CN(CC(F)(F)F)c1cc(C(F)(F)F)nc(N)n1. The summed E-state index contributed by atoms with van der Waals surface area (Å²) in [6.45, 7) is -1.44. The van der Waals surface area contributed by atoms with E-state index in [0.29, 0.717) is 11.0 Å². The number of hydrogen-bond donors (Lipinski definition) is 1. The maximum Gasteiger partial charge on any atom is 0.433 e. The summed E-state index contributed by atoms with van der Waals surface area (Å²) in [6, 6.07) is 0.405. The Bertz CT molecular complexity index is 427. The van der Waals surface area contributed by atoms with E-state index >= 15 is 0 Å². The molecule has 0 aliphatic heterocycles. The lowest BCUT2D eigenvalue weighted by molar-refractivity contribution is -0.141. The molecule has 0 spiro atoms. The molecule has 0 saturated carbocycles. The van der Waals surface area contributed by atoms with Crippen LogP contribution in [-0.2, 0) is 6.18 Å². The molecule has 1 aromatic rings. The van der Waals surface area contributed by atoms with Crippen LogP contribution in [0.1, 0.15) is 5.69 Å². The third kappa shape index (κ3) is 3.93. The summed E-state index contributed by atoms with van der Waals surface area (Å²) in [6.07, 6.45) is -9.36. The third-order valence-electron chi connectivity index (χ3n) is 1.83. The Labute approximate surface area is 97.4 Å². The summed E-state index contributed by atoms with van der Waals surface area (Å²) in [5.41, 5.74) is 3.64. The van der Waals surface area contributed by atoms with Gasteiger partial charge >= 0.3 is 12.4 Å². The molecule has 1 aromatic heterocycles. The van der Waals surface area contributed by atoms with Gasteiger partial charge in [-0.25, -0.2) is 4.98 Å². The average Bonchev–Trinajstić information content (AvgIpc) is 2.12. The predicted octanol–water partition coefficient (Wildman–Crippen LogP) is 2.08. The van der Waals surface area contributed by atoms with Crippen LogP contribution >= 0.6 is 0 Å². The molecule has 0 radical (unpaired) electrons. The standard InChI is InChI=1S/C8H8F6N4/c1-18(3-7(9,10)11)5-2-4(8(12,13)14)16-6(15)17-5/h2H,3H2,1H3,(H2,15,16,17). The lowest BCUT2D eigenvalue weighted by Crippen LogP contribution is -2.32. The fraction of sp³-hybridized carbons (Fsp3) is 0.500. The molecule has 0 aliphatic carbocycles. The predicted molar refractivity (Wildman–Crippen MR) is 50.8 cm³/mol. The Balaban J connectivity index is 3.07. The Morgan fingerprint density at radius 1 is 1.17 bits per heavy atom. The fourth-order valence-electron chi connectivity index (χ4n) is 1.14. The molecule has 0 aromatic carbocycles. The van der Waals surface area contributed by atoms with Gasteiger partial charge in [-0.2, -0.15) is 31.3 Å². The van der Waals surface area contributed by atoms with Gasteiger partial charge in [0.2, 0.25) is 5.95 Å². The van der Waals surface area contributed by atoms with E-state index in [2.05, 4.69) is 9.97 Å². The number of rotatable bonds is 2. The van der Waals surface area contributed by atoms with Gasteiger partial charge in [-0.05, 0) is 0 Å². The number of nitrogens with zero attached hydrogens (tertiary/aromatic N) is 3. The van der Waals surface area contributed by atoms with E-state index in [1.165, 1.54) is 0 Å². The molecule has 0 amide bonds. The minimum atomic E-state index is -4.80. The normalized spacial score (nSPS) is 12.6. The van der Waals surface area contributed by atoms with Gasteiger partial charge < -0.3 is 10.6 Å². The van der Waals surface area contributed by atoms with Gasteiger partial charge in [0.15, 0.2) is 5.69 Å². The first-order valence-corrected chi connectivity index (χ1v) is 4.48. The Hall–Kier alpha value is -1.74. The molecule has 1 rings (SSSR count). The summed E-state index contributed by atoms with van der Waals surface area (Å²) in [4.78, 5) is 6.75. The summed E-state index contributed by atoms with van der Waals surface area (Å²) in [7, 11) is 0.954. The van der Waals surface area contributed by atoms with E-state index in [0.717, 1.165) is 7.05 Å². The molecule has 18 heavy (non-hydrogen) atoms. The van der Waals surface area contributed by atoms with Crippen molar-refractivity contribution >= 4 is 11.8 Å². The highest BCUT2D eigenvalue weighted by molar-refractivity contribution is 5.43. The van der Waals surface area contributed by atoms with E-state index < -0.39 is 36.4 Å². The number of hydrogen-bond acceptors (Lipinski definition) is 4. The molecular weight excluding hydrogens is 266 g/mol. The third-order valence-corrected chi connectivity index (χ3v) is 1.83. The Morgan fingerprint density at radius 3 is 2.17 bits per heavy atom. The van der Waals surface area contributed by atoms with Gasteiger partial charge in [0.05, 0.1) is 0 Å². The van der Waals surface area contributed by atoms with Crippen LogP contribution in [0.5, 0.6) is 0 Å². The van der Waals surface area contributed by atoms with Crippen molar-refractivity contribution in [2.24, 2.45) is 0 Å². The minimum Gasteiger partial charge on any atom is -0.368 e. The van der Waals surface area contributed by atoms with Crippen molar-refractivity contribution in [2.45, 2.75) is 12.4 Å². The van der Waals surface area contributed by atoms with E-state index in [1.807, 2.05) is 0 Å². The van der Waals surface area contributed by atoms with E-state index in [9.17, 15) is 26.3 Å². The largest absolute Gasteiger partial charge is 0.433 e. The molecule has 2 N–H and O–H groups in total. The van der Waals surface area contributed by atoms with E-state index in [-0.39, 0.29) is 0 Å². The number of nitrogens with two attached hydrogens (primary N) is 1. The van der Waals surface area contributed by atoms with Crippen LogP contribution < -0.4 is 10.6 Å². The van der Waals surface area contributed by atoms with Gasteiger partial charge in [-0.15, -0.1) is 0 Å². The highest BCUT2D eigenvalue weighted by Crippen LogP contribution is 2.30. The second-order valence-corrected chi connectivity index (χ2v) is 3.44. The number of anilines is 2. The van der Waals surface area contributed by atoms with Crippen LogP contribution in [0.3, 0.4) is 0 Å². The zero-order valence-electron chi connectivity index (χ0n) is 8.97. The first-order valence-electron chi connectivity index (χ1n) is 4.48. The van der Waals surface area contributed by atoms with Crippen molar-refractivity contribution in [1.29, 1.82) is 0 Å². The number of alkyl halides is 6. The van der Waals surface area contributed by atoms with Crippen molar-refractivity contribution in [1.82, 2.24) is 9.97 Å². The lowest BCUT2D eigenvalue weighted by atomic mass is 10.3. The molecule has 0 saturated heterocycles. The van der Waals surface area contributed by atoms with Crippen LogP contribution in [-0.4, -0.2) is 29.7 Å². The number of aromatic nitrogens is 2. The summed E-state index contributed by atoms with van der Waals surface area (Å²) >= 11 is 0. The first kappa shape index (κ1) is 14.3. The topological polar surface area (TPSA) is 55.0 Å². The highest BCUT2D eigenvalue weighted by Gasteiger charge is 2.35. The van der Waals surface area contributed by atoms with Gasteiger partial charge in [0.25, 0.3) is 0 Å². The molecule has 10 heteroatoms. The maximum absolute atomic E-state index is 12.4. The monoisotopic (exact) mass is 274 g/mol. The highest BCUT2D eigenvalue weighted by atomic mass is 19.4. The van der Waals surface area contributed by atoms with Crippen molar-refractivity contribution in [3.63, 3.8) is 0 Å². The maximum atomic E-state index is 12.4. The van der Waals surface area contributed by atoms with Crippen LogP contribution in [0.15, 0.2) is 6.07 Å². The zero-order valence-corrected chi connectivity index (χ0v) is 8.97. The van der Waals surface area contributed by atoms with Gasteiger partial charge in [0.1, 0.15) is 12.4 Å². The first-order chi connectivity index (χ1) is 7.99. The molecule has 4 nitrogen and oxygen atoms in total. The van der Waals surface area contributed by atoms with Gasteiger partial charge in [-0.1, -0.05) is 0 Å². The van der Waals surface area contributed by atoms with Crippen molar-refractivity contribution < 1.29 is 26.3 Å². The molecule has 1 heterocycles. The van der Waals surface area contributed by atoms with Crippen molar-refractivity contribution in [3.8, 4) is 0 Å². The fourth-order valence-corrected chi connectivity index (χ4v) is 1.14. The minimum absolute atomic E-state index is 0.405. The second kappa shape index (κ2) is 4.50. The van der Waals surface area contributed by atoms with Crippen molar-refractivity contribution in [2.75, 3.05) is 24.2 Å². The summed E-state index contributed by atoms with van der Waals surface area (Å²) in [5.74, 6) is -1.29. The van der Waals surface area contributed by atoms with Crippen molar-refractivity contribution in [3.05, 3.63) is 11.8 Å². The van der Waals surface area contributed by atoms with Crippen LogP contribution in [0.2, 0.25) is 0 Å². The van der Waals surface area contributed by atoms with Crippen LogP contribution in [0.4, 0.5) is 38.1 Å². The molecule has 0 aliphatic rings. The smallest absolute Gasteiger partial charge is 0.368 e. The van der Waals surface area contributed by atoms with E-state index in [1.54, 1.807) is 0 Å². The molecular formula is C8H8F6N4. The molecule has 0 bridgehead atoms. The zero-order chi connectivity index (χ0) is 14.1. The van der Waals surface area contributed by atoms with Gasteiger partial charge in [-0.3, -0.25) is 0 Å². The summed E-state index contributed by atoms with van der Waals surface area (Å²) < 4.78 is 73.4. The lowest BCUT2D eigenvalue weighted by Gasteiger charge is -2.20. The average molecular weight is 274 g/mol. The quantitative estimate of drug-likeness (QED) is 0.839. The molecule has 0 unspecified atom stereocenters. The van der Waals surface area contributed by atoms with Crippen LogP contribution in [0, 0.1) is 0 Å². The Morgan fingerprint density at radius 2 is 1.72 bits per heavy atom. The van der Waals surface area contributed by atoms with Crippen LogP contribution in [0.25, 0.3) is 0 Å². The number of halogens is 6.